The number of methoxy groups -OCH3 is 2. The molecule has 0 unspecified atom stereocenters. The first kappa shape index (κ1) is 43.3. The number of piperidine rings is 1. The van der Waals surface area contributed by atoms with Crippen LogP contribution in [0, 0.1) is 11.8 Å². The number of carbonyl (C=O) groups excluding carboxylic acids is 4. The van der Waals surface area contributed by atoms with Crippen LogP contribution in [-0.4, -0.2) is 99.8 Å². The van der Waals surface area contributed by atoms with Gasteiger partial charge in [-0.3, -0.25) is 9.59 Å². The Bertz CT molecular complexity index is 3050. The second-order valence-electron chi connectivity index (χ2n) is 18.6. The molecule has 4 aliphatic rings. The summed E-state index contributed by atoms with van der Waals surface area (Å²) in [5, 5.41) is 9.89. The zero-order chi connectivity index (χ0) is 46.5. The molecule has 0 spiro atoms. The molecule has 68 heavy (non-hydrogen) atoms. The number of nitrogens with one attached hydrogen (secondary N) is 4. The first-order chi connectivity index (χ1) is 33.2. The van der Waals surface area contributed by atoms with Gasteiger partial charge in [0.2, 0.25) is 5.91 Å². The van der Waals surface area contributed by atoms with E-state index in [4.69, 9.17) is 24.2 Å². The van der Waals surface area contributed by atoms with Crippen molar-refractivity contribution in [1.82, 2.24) is 40.4 Å². The van der Waals surface area contributed by atoms with E-state index >= 15 is 0 Å². The predicted molar refractivity (Wildman–Crippen MR) is 256 cm³/mol. The smallest absolute Gasteiger partial charge is 0.407 e. The zero-order valence-electron chi connectivity index (χ0n) is 38.1. The molecule has 2 aromatic heterocycles. The molecule has 0 radical (unpaired) electrons. The second kappa shape index (κ2) is 18.1. The van der Waals surface area contributed by atoms with Crippen molar-refractivity contribution in [2.24, 2.45) is 11.8 Å². The van der Waals surface area contributed by atoms with Crippen molar-refractivity contribution in [2.75, 3.05) is 34.0 Å². The number of benzene rings is 5. The minimum atomic E-state index is -0.889. The van der Waals surface area contributed by atoms with E-state index in [0.29, 0.717) is 44.1 Å². The number of ether oxygens (including phenoxy) is 3. The monoisotopic (exact) mass is 914 g/mol. The van der Waals surface area contributed by atoms with Crippen LogP contribution in [0.5, 0.6) is 0 Å². The topological polar surface area (TPSA) is 184 Å². The lowest BCUT2D eigenvalue weighted by atomic mass is 9.89. The van der Waals surface area contributed by atoms with Crippen molar-refractivity contribution < 1.29 is 33.4 Å². The van der Waals surface area contributed by atoms with Gasteiger partial charge in [-0.15, -0.1) is 0 Å². The third-order valence-corrected chi connectivity index (χ3v) is 14.8. The van der Waals surface area contributed by atoms with Crippen LogP contribution in [0.1, 0.15) is 80.3 Å². The Morgan fingerprint density at radius 2 is 1.44 bits per heavy atom. The number of carbonyl (C=O) groups is 4. The Kier molecular flexibility index (Phi) is 11.5. The minimum Gasteiger partial charge on any atom is -0.453 e. The van der Waals surface area contributed by atoms with Crippen LogP contribution in [0.15, 0.2) is 103 Å². The van der Waals surface area contributed by atoms with Crippen molar-refractivity contribution in [2.45, 2.75) is 75.2 Å². The number of nitrogens with zero attached hydrogens (tertiary/aromatic N) is 4. The minimum absolute atomic E-state index is 0.0292. The fraction of sp³-hybridized carbons (Fsp3) is 0.358. The highest BCUT2D eigenvalue weighted by molar-refractivity contribution is 6.06. The van der Waals surface area contributed by atoms with E-state index in [9.17, 15) is 19.2 Å². The van der Waals surface area contributed by atoms with Crippen LogP contribution in [0.3, 0.4) is 0 Å². The summed E-state index contributed by atoms with van der Waals surface area (Å²) in [5.41, 5.74) is 6.49. The molecule has 3 aliphatic heterocycles. The molecule has 15 nitrogen and oxygen atoms in total. The van der Waals surface area contributed by atoms with E-state index in [-0.39, 0.29) is 35.9 Å². The third-order valence-electron chi connectivity index (χ3n) is 14.8. The van der Waals surface area contributed by atoms with E-state index in [0.717, 1.165) is 98.7 Å². The number of imidazole rings is 2. The molecule has 1 aliphatic carbocycles. The fourth-order valence-corrected chi connectivity index (χ4v) is 11.4. The average molecular weight is 915 g/mol. The molecule has 4 N–H and O–H groups in total. The molecule has 5 heterocycles. The molecule has 2 bridgehead atoms. The van der Waals surface area contributed by atoms with Gasteiger partial charge in [-0.2, -0.15) is 0 Å². The number of rotatable bonds is 10. The van der Waals surface area contributed by atoms with Crippen molar-refractivity contribution in [3.8, 4) is 22.4 Å². The van der Waals surface area contributed by atoms with Gasteiger partial charge >= 0.3 is 12.2 Å². The SMILES string of the molecule is COC(=O)N[C@H](C(=O)N1[C@@H]2CC[C@@H](C2)[C@H]1c1ncc(-c2ccc3cc(-c4ccc5c(ccc6[nH]c([C@@H]7CCCN7C(=O)[C@H](NC(=O)OC)c7ccccc7)nc65)c4)ccc3c2)[nH]1)C1CCOCC1. The van der Waals surface area contributed by atoms with E-state index in [1.165, 1.54) is 14.2 Å². The summed E-state index contributed by atoms with van der Waals surface area (Å²) in [6, 6.07) is 30.8. The van der Waals surface area contributed by atoms with Crippen molar-refractivity contribution >= 4 is 56.6 Å². The summed E-state index contributed by atoms with van der Waals surface area (Å²) in [6.45, 7) is 1.68. The van der Waals surface area contributed by atoms with Crippen molar-refractivity contribution in [3.05, 3.63) is 120 Å². The number of H-pyrrole nitrogens is 2. The molecular formula is C53H54N8O7. The van der Waals surface area contributed by atoms with Gasteiger partial charge in [0, 0.05) is 36.8 Å². The van der Waals surface area contributed by atoms with Crippen LogP contribution < -0.4 is 10.6 Å². The van der Waals surface area contributed by atoms with Crippen molar-refractivity contribution in [1.29, 1.82) is 0 Å². The van der Waals surface area contributed by atoms with E-state index in [2.05, 4.69) is 81.3 Å². The zero-order valence-corrected chi connectivity index (χ0v) is 38.1. The number of amides is 4. The summed E-state index contributed by atoms with van der Waals surface area (Å²) in [4.78, 5) is 74.3. The first-order valence-corrected chi connectivity index (χ1v) is 23.7. The van der Waals surface area contributed by atoms with Crippen LogP contribution >= 0.6 is 0 Å². The quantitative estimate of drug-likeness (QED) is 0.104. The predicted octanol–water partition coefficient (Wildman–Crippen LogP) is 8.89. The maximum absolute atomic E-state index is 14.4. The molecular weight excluding hydrogens is 861 g/mol. The lowest BCUT2D eigenvalue weighted by Gasteiger charge is -2.39. The molecule has 7 aromatic rings. The van der Waals surface area contributed by atoms with Gasteiger partial charge in [-0.1, -0.05) is 72.8 Å². The van der Waals surface area contributed by atoms with Crippen LogP contribution in [0.25, 0.3) is 55.0 Å². The Labute approximate surface area is 392 Å². The van der Waals surface area contributed by atoms with Gasteiger partial charge in [0.1, 0.15) is 23.7 Å². The van der Waals surface area contributed by atoms with Crippen LogP contribution in [0.4, 0.5) is 9.59 Å². The number of likely N-dealkylation sites (tertiary alicyclic amines) is 2. The highest BCUT2D eigenvalue weighted by Gasteiger charge is 2.52. The van der Waals surface area contributed by atoms with Gasteiger partial charge in [-0.25, -0.2) is 19.6 Å². The average Bonchev–Trinajstić information content (AvgIpc) is 4.26. The highest BCUT2D eigenvalue weighted by atomic mass is 16.5. The second-order valence-corrected chi connectivity index (χ2v) is 18.6. The largest absolute Gasteiger partial charge is 0.453 e. The summed E-state index contributed by atoms with van der Waals surface area (Å²) >= 11 is 0. The van der Waals surface area contributed by atoms with E-state index in [1.54, 1.807) is 0 Å². The molecule has 3 saturated heterocycles. The third kappa shape index (κ3) is 7.97. The molecule has 11 rings (SSSR count). The number of hydrogen-bond acceptors (Lipinski definition) is 9. The van der Waals surface area contributed by atoms with Gasteiger partial charge < -0.3 is 44.6 Å². The summed E-state index contributed by atoms with van der Waals surface area (Å²) in [6.07, 6.45) is 6.46. The molecule has 5 aromatic carbocycles. The summed E-state index contributed by atoms with van der Waals surface area (Å²) in [7, 11) is 2.62. The fourth-order valence-electron chi connectivity index (χ4n) is 11.4. The molecule has 15 heteroatoms. The highest BCUT2D eigenvalue weighted by Crippen LogP contribution is 2.50. The Morgan fingerprint density at radius 3 is 2.22 bits per heavy atom. The lowest BCUT2D eigenvalue weighted by molar-refractivity contribution is -0.140. The Morgan fingerprint density at radius 1 is 0.735 bits per heavy atom. The van der Waals surface area contributed by atoms with Crippen molar-refractivity contribution in [3.63, 3.8) is 0 Å². The van der Waals surface area contributed by atoms with Crippen LogP contribution in [-0.2, 0) is 23.8 Å². The number of hydrogen-bond donors (Lipinski definition) is 4. The van der Waals surface area contributed by atoms with Crippen LogP contribution in [0.2, 0.25) is 0 Å². The number of fused-ring (bicyclic) bond motifs is 6. The summed E-state index contributed by atoms with van der Waals surface area (Å²) in [5.74, 6) is 1.48. The molecule has 4 fully saturated rings. The maximum Gasteiger partial charge on any atom is 0.407 e. The van der Waals surface area contributed by atoms with E-state index < -0.39 is 24.3 Å². The normalized spacial score (nSPS) is 21.3. The van der Waals surface area contributed by atoms with E-state index in [1.807, 2.05) is 52.4 Å². The lowest BCUT2D eigenvalue weighted by Crippen LogP contribution is -2.55. The molecule has 4 amide bonds. The van der Waals surface area contributed by atoms with Gasteiger partial charge in [-0.05, 0) is 114 Å². The first-order valence-electron chi connectivity index (χ1n) is 23.7. The van der Waals surface area contributed by atoms with Gasteiger partial charge in [0.15, 0.2) is 0 Å². The molecule has 1 saturated carbocycles. The van der Waals surface area contributed by atoms with Gasteiger partial charge in [0.05, 0.1) is 49.2 Å². The standard InChI is InChI=1S/C53H54N8O7/c1-66-52(64)58-44(30-7-4-3-5-8-30)50(62)60-22-6-9-43(60)48-55-41-19-16-36-26-35(15-18-40(36)46(41)57-48)32-10-11-34-27-37(13-12-33(34)25-32)42-29-54-49(56-42)47-38-14-17-39(28-38)61(47)51(63)45(59-53(65)67-2)31-20-23-68-24-21-31/h3-5,7-8,10-13,15-16,18-19,25-27,29,31,38-39,43-45,47H,6,9,14,17,20-24,28H2,1-2H3,(H,54,56)(H,55,57)(H,58,64)(H,59,65)/t38-,39+,43-,44+,45-,47-/m0/s1. The number of alkyl carbamates (subject to hydrolysis) is 2. The van der Waals surface area contributed by atoms with Gasteiger partial charge in [0.25, 0.3) is 5.91 Å². The summed E-state index contributed by atoms with van der Waals surface area (Å²) < 4.78 is 15.4. The number of aromatic nitrogens is 4. The Hall–Kier alpha value is -7.26. The molecule has 348 valence electrons. The number of aromatic amines is 2. The Balaban J connectivity index is 0.818. The molecule has 6 atom stereocenters. The maximum atomic E-state index is 14.4.